The van der Waals surface area contributed by atoms with Gasteiger partial charge in [-0.3, -0.25) is 0 Å². The Kier molecular flexibility index (Phi) is 5.23. The molecule has 0 spiro atoms. The SMILES string of the molecule is C=C(C[C@H](OC)c1ccccc1)[C@@H](C)OC. The van der Waals surface area contributed by atoms with Gasteiger partial charge >= 0.3 is 0 Å². The van der Waals surface area contributed by atoms with E-state index in [1.165, 1.54) is 5.56 Å². The highest BCUT2D eigenvalue weighted by Gasteiger charge is 2.14. The summed E-state index contributed by atoms with van der Waals surface area (Å²) in [5.74, 6) is 0. The van der Waals surface area contributed by atoms with Gasteiger partial charge in [0.1, 0.15) is 0 Å². The molecule has 0 aliphatic rings. The summed E-state index contributed by atoms with van der Waals surface area (Å²) in [5, 5.41) is 0. The van der Waals surface area contributed by atoms with Crippen molar-refractivity contribution in [3.05, 3.63) is 48.0 Å². The summed E-state index contributed by atoms with van der Waals surface area (Å²) in [5.41, 5.74) is 2.23. The third-order valence-corrected chi connectivity index (χ3v) is 2.83. The summed E-state index contributed by atoms with van der Waals surface area (Å²) in [6.07, 6.45) is 0.919. The summed E-state index contributed by atoms with van der Waals surface area (Å²) < 4.78 is 10.7. The van der Waals surface area contributed by atoms with Crippen LogP contribution >= 0.6 is 0 Å². The van der Waals surface area contributed by atoms with Crippen LogP contribution in [0.2, 0.25) is 0 Å². The van der Waals surface area contributed by atoms with Crippen molar-refractivity contribution in [1.29, 1.82) is 0 Å². The number of rotatable bonds is 6. The lowest BCUT2D eigenvalue weighted by molar-refractivity contribution is 0.0886. The lowest BCUT2D eigenvalue weighted by Crippen LogP contribution is -2.12. The summed E-state index contributed by atoms with van der Waals surface area (Å²) in [4.78, 5) is 0. The fourth-order valence-electron chi connectivity index (χ4n) is 1.58. The molecule has 0 saturated carbocycles. The van der Waals surface area contributed by atoms with E-state index in [-0.39, 0.29) is 12.2 Å². The molecule has 0 aliphatic heterocycles. The van der Waals surface area contributed by atoms with Gasteiger partial charge in [-0.25, -0.2) is 0 Å². The van der Waals surface area contributed by atoms with Crippen LogP contribution in [0.25, 0.3) is 0 Å². The Morgan fingerprint density at radius 3 is 2.31 bits per heavy atom. The minimum Gasteiger partial charge on any atom is -0.377 e. The van der Waals surface area contributed by atoms with E-state index in [9.17, 15) is 0 Å². The van der Waals surface area contributed by atoms with Crippen LogP contribution in [0.15, 0.2) is 42.5 Å². The first kappa shape index (κ1) is 12.9. The quantitative estimate of drug-likeness (QED) is 0.684. The van der Waals surface area contributed by atoms with Crippen LogP contribution in [-0.4, -0.2) is 20.3 Å². The van der Waals surface area contributed by atoms with Gasteiger partial charge in [0, 0.05) is 20.6 Å². The van der Waals surface area contributed by atoms with Crippen molar-refractivity contribution in [2.75, 3.05) is 14.2 Å². The second kappa shape index (κ2) is 6.46. The van der Waals surface area contributed by atoms with Crippen LogP contribution in [0.1, 0.15) is 25.0 Å². The average molecular weight is 220 g/mol. The zero-order chi connectivity index (χ0) is 12.0. The Balaban J connectivity index is 2.66. The van der Waals surface area contributed by atoms with E-state index in [4.69, 9.17) is 9.47 Å². The molecule has 2 atom stereocenters. The topological polar surface area (TPSA) is 18.5 Å². The number of hydrogen-bond acceptors (Lipinski definition) is 2. The lowest BCUT2D eigenvalue weighted by atomic mass is 9.99. The molecular formula is C14H20O2. The Morgan fingerprint density at radius 1 is 1.19 bits per heavy atom. The van der Waals surface area contributed by atoms with Crippen LogP contribution in [0.4, 0.5) is 0 Å². The molecule has 0 heterocycles. The van der Waals surface area contributed by atoms with Crippen molar-refractivity contribution in [3.8, 4) is 0 Å². The fraction of sp³-hybridized carbons (Fsp3) is 0.429. The molecule has 88 valence electrons. The molecular weight excluding hydrogens is 200 g/mol. The number of benzene rings is 1. The Morgan fingerprint density at radius 2 is 1.81 bits per heavy atom. The van der Waals surface area contributed by atoms with E-state index >= 15 is 0 Å². The fourth-order valence-corrected chi connectivity index (χ4v) is 1.58. The molecule has 1 rings (SSSR count). The molecule has 1 aromatic rings. The Bertz CT molecular complexity index is 319. The molecule has 0 bridgehead atoms. The molecule has 16 heavy (non-hydrogen) atoms. The molecule has 2 nitrogen and oxygen atoms in total. The van der Waals surface area contributed by atoms with Crippen LogP contribution in [0.5, 0.6) is 0 Å². The van der Waals surface area contributed by atoms with E-state index in [0.29, 0.717) is 0 Å². The van der Waals surface area contributed by atoms with E-state index in [2.05, 4.69) is 18.7 Å². The third kappa shape index (κ3) is 3.47. The van der Waals surface area contributed by atoms with E-state index < -0.39 is 0 Å². The predicted molar refractivity (Wildman–Crippen MR) is 66.4 cm³/mol. The second-order valence-corrected chi connectivity index (χ2v) is 3.88. The van der Waals surface area contributed by atoms with Gasteiger partial charge in [-0.2, -0.15) is 0 Å². The van der Waals surface area contributed by atoms with Gasteiger partial charge in [0.25, 0.3) is 0 Å². The predicted octanol–water partition coefficient (Wildman–Crippen LogP) is 3.36. The standard InChI is InChI=1S/C14H20O2/c1-11(12(2)15-3)10-14(16-4)13-8-6-5-7-9-13/h5-9,12,14H,1,10H2,2-4H3/t12-,14+/m1/s1. The third-order valence-electron chi connectivity index (χ3n) is 2.83. The zero-order valence-corrected chi connectivity index (χ0v) is 10.3. The summed E-state index contributed by atoms with van der Waals surface area (Å²) in [6.45, 7) is 6.03. The maximum absolute atomic E-state index is 5.49. The average Bonchev–Trinajstić information content (AvgIpc) is 2.35. The van der Waals surface area contributed by atoms with Gasteiger partial charge < -0.3 is 9.47 Å². The molecule has 0 aromatic heterocycles. The van der Waals surface area contributed by atoms with E-state index in [1.54, 1.807) is 14.2 Å². The monoisotopic (exact) mass is 220 g/mol. The van der Waals surface area contributed by atoms with Crippen LogP contribution in [0.3, 0.4) is 0 Å². The van der Waals surface area contributed by atoms with Crippen molar-refractivity contribution < 1.29 is 9.47 Å². The first-order chi connectivity index (χ1) is 7.69. The smallest absolute Gasteiger partial charge is 0.0859 e. The molecule has 0 aliphatic carbocycles. The first-order valence-electron chi connectivity index (χ1n) is 5.47. The van der Waals surface area contributed by atoms with E-state index in [0.717, 1.165) is 12.0 Å². The normalized spacial score (nSPS) is 14.4. The molecule has 0 amide bonds. The highest BCUT2D eigenvalue weighted by molar-refractivity contribution is 5.20. The van der Waals surface area contributed by atoms with Gasteiger partial charge in [0.15, 0.2) is 0 Å². The number of methoxy groups -OCH3 is 2. The maximum atomic E-state index is 5.49. The molecule has 0 N–H and O–H groups in total. The summed E-state index contributed by atoms with van der Waals surface area (Å²) in [6, 6.07) is 10.2. The van der Waals surface area contributed by atoms with Crippen LogP contribution in [0, 0.1) is 0 Å². The van der Waals surface area contributed by atoms with Crippen molar-refractivity contribution >= 4 is 0 Å². The van der Waals surface area contributed by atoms with Crippen LogP contribution < -0.4 is 0 Å². The Labute approximate surface area is 97.9 Å². The van der Waals surface area contributed by atoms with Gasteiger partial charge in [-0.1, -0.05) is 36.9 Å². The molecule has 0 unspecified atom stereocenters. The second-order valence-electron chi connectivity index (χ2n) is 3.88. The summed E-state index contributed by atoms with van der Waals surface area (Å²) >= 11 is 0. The molecule has 2 heteroatoms. The lowest BCUT2D eigenvalue weighted by Gasteiger charge is -2.20. The molecule has 1 aromatic carbocycles. The van der Waals surface area contributed by atoms with Gasteiger partial charge in [-0.05, 0) is 18.1 Å². The minimum absolute atomic E-state index is 0.0614. The summed E-state index contributed by atoms with van der Waals surface area (Å²) in [7, 11) is 3.42. The Hall–Kier alpha value is -1.12. The minimum atomic E-state index is 0.0614. The van der Waals surface area contributed by atoms with Crippen molar-refractivity contribution in [1.82, 2.24) is 0 Å². The van der Waals surface area contributed by atoms with Crippen molar-refractivity contribution in [2.24, 2.45) is 0 Å². The van der Waals surface area contributed by atoms with Gasteiger partial charge in [0.2, 0.25) is 0 Å². The number of ether oxygens (including phenoxy) is 2. The maximum Gasteiger partial charge on any atom is 0.0859 e. The van der Waals surface area contributed by atoms with Crippen LogP contribution in [-0.2, 0) is 9.47 Å². The molecule has 0 fully saturated rings. The first-order valence-corrected chi connectivity index (χ1v) is 5.47. The highest BCUT2D eigenvalue weighted by atomic mass is 16.5. The highest BCUT2D eigenvalue weighted by Crippen LogP contribution is 2.25. The van der Waals surface area contributed by atoms with Crippen molar-refractivity contribution in [2.45, 2.75) is 25.6 Å². The molecule has 0 saturated heterocycles. The van der Waals surface area contributed by atoms with Gasteiger partial charge in [-0.15, -0.1) is 0 Å². The van der Waals surface area contributed by atoms with E-state index in [1.807, 2.05) is 25.1 Å². The van der Waals surface area contributed by atoms with Gasteiger partial charge in [0.05, 0.1) is 12.2 Å². The largest absolute Gasteiger partial charge is 0.377 e. The molecule has 0 radical (unpaired) electrons. The zero-order valence-electron chi connectivity index (χ0n) is 10.3. The van der Waals surface area contributed by atoms with Crippen molar-refractivity contribution in [3.63, 3.8) is 0 Å². The number of hydrogen-bond donors (Lipinski definition) is 0.